The Balaban J connectivity index is 0.00000338. The Hall–Kier alpha value is -1.42. The third-order valence-corrected chi connectivity index (χ3v) is 3.94. The molecule has 1 aromatic carbocycles. The molecule has 1 aromatic rings. The Morgan fingerprint density at radius 2 is 1.96 bits per heavy atom. The number of ether oxygens (including phenoxy) is 4. The van der Waals surface area contributed by atoms with Crippen molar-refractivity contribution in [2.75, 3.05) is 40.6 Å². The number of fused-ring (bicyclic) bond motifs is 1. The van der Waals surface area contributed by atoms with E-state index in [0.29, 0.717) is 19.7 Å². The van der Waals surface area contributed by atoms with Crippen LogP contribution in [0.15, 0.2) is 23.2 Å². The minimum atomic E-state index is 0. The molecule has 8 heteroatoms. The van der Waals surface area contributed by atoms with Gasteiger partial charge >= 0.3 is 0 Å². The predicted molar refractivity (Wildman–Crippen MR) is 113 cm³/mol. The first-order valence-electron chi connectivity index (χ1n) is 8.44. The minimum absolute atomic E-state index is 0. The van der Waals surface area contributed by atoms with Crippen LogP contribution in [0.1, 0.15) is 20.8 Å². The molecule has 0 aliphatic carbocycles. The van der Waals surface area contributed by atoms with E-state index in [2.05, 4.69) is 36.4 Å². The lowest BCUT2D eigenvalue weighted by Gasteiger charge is -2.30. The summed E-state index contributed by atoms with van der Waals surface area (Å²) in [4.78, 5) is 4.21. The number of nitrogens with one attached hydrogen (secondary N) is 2. The zero-order valence-corrected chi connectivity index (χ0v) is 18.5. The van der Waals surface area contributed by atoms with Crippen LogP contribution in [0.3, 0.4) is 0 Å². The third-order valence-electron chi connectivity index (χ3n) is 3.94. The molecule has 7 nitrogen and oxygen atoms in total. The summed E-state index contributed by atoms with van der Waals surface area (Å²) in [6, 6.07) is 5.55. The van der Waals surface area contributed by atoms with Gasteiger partial charge < -0.3 is 29.6 Å². The van der Waals surface area contributed by atoms with Crippen LogP contribution in [0, 0.1) is 5.41 Å². The maximum absolute atomic E-state index is 5.72. The summed E-state index contributed by atoms with van der Waals surface area (Å²) in [5.74, 6) is 2.94. The SMILES string of the molecule is CN=C(NCCOc1ccc2c(c1)OCO2)NCC(OC)C(C)(C)C.I. The van der Waals surface area contributed by atoms with E-state index in [0.717, 1.165) is 23.2 Å². The maximum atomic E-state index is 5.72. The van der Waals surface area contributed by atoms with Gasteiger partial charge in [-0.2, -0.15) is 0 Å². The van der Waals surface area contributed by atoms with Crippen molar-refractivity contribution in [3.05, 3.63) is 18.2 Å². The molecule has 0 saturated carbocycles. The topological polar surface area (TPSA) is 73.3 Å². The van der Waals surface area contributed by atoms with Crippen molar-refractivity contribution >= 4 is 29.9 Å². The standard InChI is InChI=1S/C18H29N3O4.HI/c1-18(2,3)16(22-5)11-21-17(19-4)20-8-9-23-13-6-7-14-15(10-13)25-12-24-14;/h6-7,10,16H,8-9,11-12H2,1-5H3,(H2,19,20,21);1H. The average molecular weight is 479 g/mol. The van der Waals surface area contributed by atoms with Gasteiger partial charge in [0.15, 0.2) is 17.5 Å². The third kappa shape index (κ3) is 6.71. The number of aliphatic imine (C=N–C) groups is 1. The Kier molecular flexibility index (Phi) is 9.28. The molecule has 1 unspecified atom stereocenters. The maximum Gasteiger partial charge on any atom is 0.231 e. The second-order valence-corrected chi connectivity index (χ2v) is 6.83. The van der Waals surface area contributed by atoms with Crippen LogP contribution in [0.4, 0.5) is 0 Å². The van der Waals surface area contributed by atoms with Crippen molar-refractivity contribution in [1.82, 2.24) is 10.6 Å². The fourth-order valence-electron chi connectivity index (χ4n) is 2.46. The second kappa shape index (κ2) is 10.7. The molecule has 148 valence electrons. The predicted octanol–water partition coefficient (Wildman–Crippen LogP) is 2.64. The van der Waals surface area contributed by atoms with Crippen LogP contribution in [0.25, 0.3) is 0 Å². The van der Waals surface area contributed by atoms with Crippen LogP contribution >= 0.6 is 24.0 Å². The number of rotatable bonds is 7. The zero-order valence-electron chi connectivity index (χ0n) is 16.1. The van der Waals surface area contributed by atoms with E-state index >= 15 is 0 Å². The number of hydrogen-bond donors (Lipinski definition) is 2. The summed E-state index contributed by atoms with van der Waals surface area (Å²) < 4.78 is 21.9. The number of hydrogen-bond acceptors (Lipinski definition) is 5. The quantitative estimate of drug-likeness (QED) is 0.271. The number of halogens is 1. The lowest BCUT2D eigenvalue weighted by atomic mass is 9.89. The second-order valence-electron chi connectivity index (χ2n) is 6.83. The molecule has 0 radical (unpaired) electrons. The molecule has 0 amide bonds. The lowest BCUT2D eigenvalue weighted by Crippen LogP contribution is -2.46. The molecular formula is C18H30IN3O4. The number of methoxy groups -OCH3 is 1. The molecule has 1 heterocycles. The normalized spacial score (nSPS) is 14.4. The molecule has 1 atom stereocenters. The highest BCUT2D eigenvalue weighted by Crippen LogP contribution is 2.34. The van der Waals surface area contributed by atoms with Crippen molar-refractivity contribution in [2.45, 2.75) is 26.9 Å². The Morgan fingerprint density at radius 1 is 1.23 bits per heavy atom. The summed E-state index contributed by atoms with van der Waals surface area (Å²) in [7, 11) is 3.47. The number of guanidine groups is 1. The summed E-state index contributed by atoms with van der Waals surface area (Å²) in [6.45, 7) is 8.53. The molecule has 0 aromatic heterocycles. The van der Waals surface area contributed by atoms with Crippen molar-refractivity contribution in [1.29, 1.82) is 0 Å². The van der Waals surface area contributed by atoms with Gasteiger partial charge in [0.25, 0.3) is 0 Å². The first-order chi connectivity index (χ1) is 11.9. The average Bonchev–Trinajstić information content (AvgIpc) is 3.03. The highest BCUT2D eigenvalue weighted by atomic mass is 127. The van der Waals surface area contributed by atoms with Crippen molar-refractivity contribution in [2.24, 2.45) is 10.4 Å². The van der Waals surface area contributed by atoms with E-state index in [1.807, 2.05) is 18.2 Å². The fraction of sp³-hybridized carbons (Fsp3) is 0.611. The van der Waals surface area contributed by atoms with Gasteiger partial charge in [0.2, 0.25) is 6.79 Å². The van der Waals surface area contributed by atoms with E-state index in [1.54, 1.807) is 14.2 Å². The number of nitrogens with zero attached hydrogens (tertiary/aromatic N) is 1. The van der Waals surface area contributed by atoms with Gasteiger partial charge in [-0.05, 0) is 17.5 Å². The van der Waals surface area contributed by atoms with Gasteiger partial charge in [-0.15, -0.1) is 24.0 Å². The van der Waals surface area contributed by atoms with E-state index in [4.69, 9.17) is 18.9 Å². The van der Waals surface area contributed by atoms with Crippen LogP contribution in [0.2, 0.25) is 0 Å². The highest BCUT2D eigenvalue weighted by Gasteiger charge is 2.24. The monoisotopic (exact) mass is 479 g/mol. The van der Waals surface area contributed by atoms with Gasteiger partial charge in [-0.3, -0.25) is 4.99 Å². The van der Waals surface area contributed by atoms with Crippen LogP contribution in [-0.4, -0.2) is 52.7 Å². The molecule has 26 heavy (non-hydrogen) atoms. The van der Waals surface area contributed by atoms with E-state index < -0.39 is 0 Å². The summed E-state index contributed by atoms with van der Waals surface area (Å²) >= 11 is 0. The van der Waals surface area contributed by atoms with E-state index in [-0.39, 0.29) is 42.3 Å². The van der Waals surface area contributed by atoms with Crippen molar-refractivity contribution < 1.29 is 18.9 Å². The Bertz CT molecular complexity index is 590. The van der Waals surface area contributed by atoms with E-state index in [9.17, 15) is 0 Å². The molecule has 2 N–H and O–H groups in total. The van der Waals surface area contributed by atoms with Crippen LogP contribution in [-0.2, 0) is 4.74 Å². The summed E-state index contributed by atoms with van der Waals surface area (Å²) in [6.07, 6.45) is 0.0935. The Labute approximate surface area is 172 Å². The van der Waals surface area contributed by atoms with Gasteiger partial charge in [0, 0.05) is 26.8 Å². The molecular weight excluding hydrogens is 449 g/mol. The van der Waals surface area contributed by atoms with Crippen molar-refractivity contribution in [3.8, 4) is 17.2 Å². The molecule has 0 bridgehead atoms. The molecule has 0 fully saturated rings. The minimum Gasteiger partial charge on any atom is -0.492 e. The molecule has 2 rings (SSSR count). The van der Waals surface area contributed by atoms with Crippen molar-refractivity contribution in [3.63, 3.8) is 0 Å². The largest absolute Gasteiger partial charge is 0.492 e. The molecule has 1 aliphatic rings. The fourth-order valence-corrected chi connectivity index (χ4v) is 2.46. The molecule has 0 spiro atoms. The number of benzene rings is 1. The molecule has 1 aliphatic heterocycles. The summed E-state index contributed by atoms with van der Waals surface area (Å²) in [5.41, 5.74) is 0.0586. The smallest absolute Gasteiger partial charge is 0.231 e. The first-order valence-corrected chi connectivity index (χ1v) is 8.44. The van der Waals surface area contributed by atoms with Gasteiger partial charge in [-0.25, -0.2) is 0 Å². The lowest BCUT2D eigenvalue weighted by molar-refractivity contribution is 0.0205. The molecule has 0 saturated heterocycles. The summed E-state index contributed by atoms with van der Waals surface area (Å²) in [5, 5.41) is 6.51. The van der Waals surface area contributed by atoms with E-state index in [1.165, 1.54) is 0 Å². The van der Waals surface area contributed by atoms with Gasteiger partial charge in [0.1, 0.15) is 12.4 Å². The van der Waals surface area contributed by atoms with Crippen LogP contribution < -0.4 is 24.8 Å². The first kappa shape index (κ1) is 22.6. The highest BCUT2D eigenvalue weighted by molar-refractivity contribution is 14.0. The zero-order chi connectivity index (χ0) is 18.3. The van der Waals surface area contributed by atoms with Crippen LogP contribution in [0.5, 0.6) is 17.2 Å². The Morgan fingerprint density at radius 3 is 2.62 bits per heavy atom. The van der Waals surface area contributed by atoms with Gasteiger partial charge in [-0.1, -0.05) is 20.8 Å². The van der Waals surface area contributed by atoms with Gasteiger partial charge in [0.05, 0.1) is 12.6 Å².